The average molecular weight is 287 g/mol. The zero-order valence-corrected chi connectivity index (χ0v) is 11.7. The summed E-state index contributed by atoms with van der Waals surface area (Å²) in [6.45, 7) is 4.57. The van der Waals surface area contributed by atoms with E-state index in [0.29, 0.717) is 5.56 Å². The van der Waals surface area contributed by atoms with Crippen LogP contribution in [0.2, 0.25) is 0 Å². The highest BCUT2D eigenvalue weighted by Crippen LogP contribution is 2.17. The molecule has 2 unspecified atom stereocenters. The van der Waals surface area contributed by atoms with Crippen LogP contribution in [0.25, 0.3) is 0 Å². The zero-order valence-electron chi connectivity index (χ0n) is 10.9. The number of aliphatic hydroxyl groups excluding tert-OH is 1. The van der Waals surface area contributed by atoms with E-state index in [0.717, 1.165) is 5.56 Å². The summed E-state index contributed by atoms with van der Waals surface area (Å²) in [5.41, 5.74) is 1.25. The highest BCUT2D eigenvalue weighted by molar-refractivity contribution is 7.89. The van der Waals surface area contributed by atoms with Crippen LogP contribution in [0.1, 0.15) is 18.1 Å². The monoisotopic (exact) mass is 287 g/mol. The number of aliphatic hydroxyl groups is 1. The molecule has 0 bridgehead atoms. The van der Waals surface area contributed by atoms with Crippen molar-refractivity contribution in [2.45, 2.75) is 37.8 Å². The summed E-state index contributed by atoms with van der Waals surface area (Å²) in [7, 11) is -3.99. The maximum absolute atomic E-state index is 12.1. The molecule has 0 amide bonds. The number of hydrogen-bond donors (Lipinski definition) is 3. The second-order valence-electron chi connectivity index (χ2n) is 4.45. The van der Waals surface area contributed by atoms with Crippen molar-refractivity contribution in [3.63, 3.8) is 0 Å². The van der Waals surface area contributed by atoms with Crippen LogP contribution >= 0.6 is 0 Å². The van der Waals surface area contributed by atoms with Gasteiger partial charge >= 0.3 is 5.97 Å². The smallest absolute Gasteiger partial charge is 0.324 e. The van der Waals surface area contributed by atoms with Crippen LogP contribution < -0.4 is 4.72 Å². The van der Waals surface area contributed by atoms with E-state index in [-0.39, 0.29) is 4.90 Å². The van der Waals surface area contributed by atoms with Gasteiger partial charge in [-0.05, 0) is 38.0 Å². The van der Waals surface area contributed by atoms with Gasteiger partial charge in [-0.3, -0.25) is 4.79 Å². The lowest BCUT2D eigenvalue weighted by Crippen LogP contribution is -2.47. The Morgan fingerprint density at radius 1 is 1.32 bits per heavy atom. The maximum atomic E-state index is 12.1. The van der Waals surface area contributed by atoms with Crippen LogP contribution in [-0.2, 0) is 14.8 Å². The molecule has 0 aromatic heterocycles. The maximum Gasteiger partial charge on any atom is 0.324 e. The van der Waals surface area contributed by atoms with Crippen LogP contribution in [0, 0.1) is 13.8 Å². The first kappa shape index (κ1) is 15.6. The number of rotatable bonds is 5. The first-order valence-corrected chi connectivity index (χ1v) is 7.14. The molecule has 0 aliphatic heterocycles. The molecule has 1 aromatic rings. The number of hydrogen-bond acceptors (Lipinski definition) is 4. The first-order chi connectivity index (χ1) is 8.65. The van der Waals surface area contributed by atoms with Crippen molar-refractivity contribution in [2.24, 2.45) is 0 Å². The lowest BCUT2D eigenvalue weighted by molar-refractivity contribution is -0.141. The summed E-state index contributed by atoms with van der Waals surface area (Å²) < 4.78 is 26.3. The summed E-state index contributed by atoms with van der Waals surface area (Å²) in [6, 6.07) is 3.28. The molecule has 2 atom stereocenters. The Kier molecular flexibility index (Phi) is 4.67. The Bertz CT molecular complexity index is 580. The predicted octanol–water partition coefficient (Wildman–Crippen LogP) is 0.416. The largest absolute Gasteiger partial charge is 0.480 e. The standard InChI is InChI=1S/C12H17NO5S/c1-7-4-5-8(2)10(6-7)19(17,18)13-11(9(3)14)12(15)16/h4-6,9,11,13-14H,1-3H3,(H,15,16). The molecule has 0 fully saturated rings. The van der Waals surface area contributed by atoms with Gasteiger partial charge in [-0.1, -0.05) is 12.1 Å². The second kappa shape index (κ2) is 5.68. The van der Waals surface area contributed by atoms with E-state index in [1.165, 1.54) is 13.0 Å². The molecular weight excluding hydrogens is 270 g/mol. The topological polar surface area (TPSA) is 104 Å². The highest BCUT2D eigenvalue weighted by Gasteiger charge is 2.29. The molecule has 6 nitrogen and oxygen atoms in total. The Balaban J connectivity index is 3.17. The molecule has 106 valence electrons. The Morgan fingerprint density at radius 3 is 2.37 bits per heavy atom. The molecule has 0 radical (unpaired) electrons. The molecular formula is C12H17NO5S. The van der Waals surface area contributed by atoms with Crippen LogP contribution in [0.4, 0.5) is 0 Å². The van der Waals surface area contributed by atoms with E-state index in [9.17, 15) is 18.3 Å². The molecule has 1 rings (SSSR count). The molecule has 7 heteroatoms. The third kappa shape index (κ3) is 3.76. The van der Waals surface area contributed by atoms with Crippen molar-refractivity contribution < 1.29 is 23.4 Å². The van der Waals surface area contributed by atoms with Crippen LogP contribution in [0.15, 0.2) is 23.1 Å². The molecule has 0 saturated heterocycles. The van der Waals surface area contributed by atoms with Gasteiger partial charge in [0.25, 0.3) is 0 Å². The van der Waals surface area contributed by atoms with E-state index in [1.54, 1.807) is 26.0 Å². The van der Waals surface area contributed by atoms with E-state index >= 15 is 0 Å². The van der Waals surface area contributed by atoms with E-state index in [1.807, 2.05) is 4.72 Å². The van der Waals surface area contributed by atoms with Crippen molar-refractivity contribution in [1.29, 1.82) is 0 Å². The lowest BCUT2D eigenvalue weighted by atomic mass is 10.2. The zero-order chi connectivity index (χ0) is 14.8. The van der Waals surface area contributed by atoms with Crippen LogP contribution in [0.3, 0.4) is 0 Å². The Hall–Kier alpha value is -1.44. The van der Waals surface area contributed by atoms with Crippen molar-refractivity contribution >= 4 is 16.0 Å². The van der Waals surface area contributed by atoms with Gasteiger partial charge in [-0.25, -0.2) is 8.42 Å². The van der Waals surface area contributed by atoms with Crippen molar-refractivity contribution in [3.05, 3.63) is 29.3 Å². The predicted molar refractivity (Wildman–Crippen MR) is 69.3 cm³/mol. The summed E-state index contributed by atoms with van der Waals surface area (Å²) in [4.78, 5) is 10.9. The van der Waals surface area contributed by atoms with Gasteiger partial charge in [-0.15, -0.1) is 0 Å². The van der Waals surface area contributed by atoms with Gasteiger partial charge in [0.05, 0.1) is 11.0 Å². The first-order valence-electron chi connectivity index (χ1n) is 5.65. The number of sulfonamides is 1. The summed E-state index contributed by atoms with van der Waals surface area (Å²) in [5, 5.41) is 18.2. The molecule has 1 aromatic carbocycles. The van der Waals surface area contributed by atoms with Crippen LogP contribution in [0.5, 0.6) is 0 Å². The molecule has 19 heavy (non-hydrogen) atoms. The van der Waals surface area contributed by atoms with Crippen LogP contribution in [-0.4, -0.2) is 36.7 Å². The molecule has 0 aliphatic rings. The number of nitrogens with one attached hydrogen (secondary N) is 1. The SMILES string of the molecule is Cc1ccc(C)c(S(=O)(=O)NC(C(=O)O)C(C)O)c1. The van der Waals surface area contributed by atoms with E-state index in [2.05, 4.69) is 0 Å². The third-order valence-corrected chi connectivity index (χ3v) is 4.25. The fourth-order valence-electron chi connectivity index (χ4n) is 1.58. The van der Waals surface area contributed by atoms with Gasteiger partial charge < -0.3 is 10.2 Å². The number of carboxylic acids is 1. The average Bonchev–Trinajstić information content (AvgIpc) is 2.28. The fourth-order valence-corrected chi connectivity index (χ4v) is 3.17. The van der Waals surface area contributed by atoms with Gasteiger partial charge in [-0.2, -0.15) is 4.72 Å². The highest BCUT2D eigenvalue weighted by atomic mass is 32.2. The molecule has 0 aliphatic carbocycles. The summed E-state index contributed by atoms with van der Waals surface area (Å²) in [5.74, 6) is -1.43. The molecule has 0 spiro atoms. The van der Waals surface area contributed by atoms with Crippen molar-refractivity contribution in [2.75, 3.05) is 0 Å². The number of aryl methyl sites for hydroxylation is 2. The minimum atomic E-state index is -3.99. The summed E-state index contributed by atoms with van der Waals surface area (Å²) in [6.07, 6.45) is -1.34. The van der Waals surface area contributed by atoms with Gasteiger partial charge in [0.1, 0.15) is 6.04 Å². The quantitative estimate of drug-likeness (QED) is 0.728. The Morgan fingerprint density at radius 2 is 1.89 bits per heavy atom. The number of carboxylic acid groups (broad SMARTS) is 1. The lowest BCUT2D eigenvalue weighted by Gasteiger charge is -2.18. The van der Waals surface area contributed by atoms with Crippen molar-refractivity contribution in [1.82, 2.24) is 4.72 Å². The number of aliphatic carboxylic acids is 1. The molecule has 3 N–H and O–H groups in total. The fraction of sp³-hybridized carbons (Fsp3) is 0.417. The normalized spacial score (nSPS) is 14.9. The molecule has 0 saturated carbocycles. The Labute approximate surface area is 112 Å². The van der Waals surface area contributed by atoms with E-state index < -0.39 is 28.1 Å². The number of benzene rings is 1. The van der Waals surface area contributed by atoms with Crippen molar-refractivity contribution in [3.8, 4) is 0 Å². The van der Waals surface area contributed by atoms with Gasteiger partial charge in [0.2, 0.25) is 10.0 Å². The van der Waals surface area contributed by atoms with E-state index in [4.69, 9.17) is 5.11 Å². The summed E-state index contributed by atoms with van der Waals surface area (Å²) >= 11 is 0. The minimum Gasteiger partial charge on any atom is -0.480 e. The van der Waals surface area contributed by atoms with Gasteiger partial charge in [0.15, 0.2) is 0 Å². The third-order valence-electron chi connectivity index (χ3n) is 2.66. The molecule has 0 heterocycles. The minimum absolute atomic E-state index is 0.0133. The number of carbonyl (C=O) groups is 1. The van der Waals surface area contributed by atoms with Gasteiger partial charge in [0, 0.05) is 0 Å². The second-order valence-corrected chi connectivity index (χ2v) is 6.13.